The van der Waals surface area contributed by atoms with E-state index in [1.165, 1.54) is 12.3 Å². The second-order valence-corrected chi connectivity index (χ2v) is 3.99. The number of nitrogens with two attached hydrogens (primary N) is 1. The summed E-state index contributed by atoms with van der Waals surface area (Å²) in [4.78, 5) is 17.5. The van der Waals surface area contributed by atoms with Gasteiger partial charge in [-0.1, -0.05) is 0 Å². The number of nitrogens with one attached hydrogen (secondary N) is 1. The van der Waals surface area contributed by atoms with E-state index in [2.05, 4.69) is 10.4 Å². The lowest BCUT2D eigenvalue weighted by Crippen LogP contribution is -2.33. The van der Waals surface area contributed by atoms with Gasteiger partial charge in [-0.3, -0.25) is 4.79 Å². The van der Waals surface area contributed by atoms with Crippen LogP contribution in [-0.2, 0) is 0 Å². The van der Waals surface area contributed by atoms with E-state index >= 15 is 0 Å². The number of nitrogen functional groups attached to an aromatic ring is 1. The number of amides is 1. The lowest BCUT2D eigenvalue weighted by molar-refractivity contribution is 0.0748. The molecule has 1 saturated carbocycles. The maximum absolute atomic E-state index is 13.9. The molecule has 1 amide bonds. The molecule has 0 bridgehead atoms. The highest BCUT2D eigenvalue weighted by atomic mass is 19.1. The van der Waals surface area contributed by atoms with Crippen molar-refractivity contribution in [1.82, 2.24) is 9.88 Å². The molecule has 92 valence electrons. The molecule has 1 aliphatic rings. The number of pyridine rings is 1. The minimum Gasteiger partial charge on any atom is -0.336 e. The van der Waals surface area contributed by atoms with Crippen LogP contribution in [-0.4, -0.2) is 28.4 Å². The number of nitrogens with zero attached hydrogens (tertiary/aromatic N) is 2. The van der Waals surface area contributed by atoms with Crippen LogP contribution >= 0.6 is 0 Å². The van der Waals surface area contributed by atoms with Gasteiger partial charge in [0.25, 0.3) is 5.91 Å². The summed E-state index contributed by atoms with van der Waals surface area (Å²) >= 11 is 0. The predicted molar refractivity (Wildman–Crippen MR) is 61.7 cm³/mol. The highest BCUT2D eigenvalue weighted by Crippen LogP contribution is 2.28. The molecule has 1 aromatic rings. The van der Waals surface area contributed by atoms with E-state index in [4.69, 9.17) is 5.84 Å². The van der Waals surface area contributed by atoms with Crippen LogP contribution in [0.15, 0.2) is 12.3 Å². The minimum absolute atomic E-state index is 0.0155. The van der Waals surface area contributed by atoms with E-state index in [1.54, 1.807) is 4.90 Å². The molecule has 0 radical (unpaired) electrons. The van der Waals surface area contributed by atoms with Gasteiger partial charge in [-0.15, -0.1) is 0 Å². The Morgan fingerprint density at radius 3 is 2.94 bits per heavy atom. The number of carbonyl (C=O) groups excluding carboxylic acids is 1. The van der Waals surface area contributed by atoms with Crippen molar-refractivity contribution in [2.45, 2.75) is 25.8 Å². The molecule has 0 atom stereocenters. The van der Waals surface area contributed by atoms with Gasteiger partial charge in [0.15, 0.2) is 11.6 Å². The third-order valence-electron chi connectivity index (χ3n) is 2.85. The number of rotatable bonds is 4. The summed E-state index contributed by atoms with van der Waals surface area (Å²) in [6, 6.07) is 1.64. The van der Waals surface area contributed by atoms with Crippen LogP contribution in [0.5, 0.6) is 0 Å². The molecular formula is C11H15FN4O. The number of hydrogen-bond acceptors (Lipinski definition) is 4. The minimum atomic E-state index is -0.695. The highest BCUT2D eigenvalue weighted by Gasteiger charge is 2.33. The zero-order chi connectivity index (χ0) is 12.4. The lowest BCUT2D eigenvalue weighted by atomic mass is 10.2. The average molecular weight is 238 g/mol. The van der Waals surface area contributed by atoms with Crippen LogP contribution in [0.1, 0.15) is 30.1 Å². The molecule has 0 unspecified atom stereocenters. The summed E-state index contributed by atoms with van der Waals surface area (Å²) in [7, 11) is 0. The number of aromatic nitrogens is 1. The average Bonchev–Trinajstić information content (AvgIpc) is 3.14. The van der Waals surface area contributed by atoms with Gasteiger partial charge >= 0.3 is 0 Å². The second kappa shape index (κ2) is 4.67. The first-order valence-corrected chi connectivity index (χ1v) is 5.61. The number of anilines is 1. The fourth-order valence-electron chi connectivity index (χ4n) is 1.82. The Bertz CT molecular complexity index is 433. The predicted octanol–water partition coefficient (Wildman–Crippen LogP) is 1.13. The van der Waals surface area contributed by atoms with Gasteiger partial charge in [-0.25, -0.2) is 15.2 Å². The number of halogens is 1. The summed E-state index contributed by atoms with van der Waals surface area (Å²) in [6.45, 7) is 2.47. The topological polar surface area (TPSA) is 71.2 Å². The normalized spacial score (nSPS) is 14.5. The van der Waals surface area contributed by atoms with E-state index in [0.717, 1.165) is 12.8 Å². The smallest absolute Gasteiger partial charge is 0.257 e. The quantitative estimate of drug-likeness (QED) is 0.609. The molecule has 2 rings (SSSR count). The largest absolute Gasteiger partial charge is 0.336 e. The third kappa shape index (κ3) is 2.21. The lowest BCUT2D eigenvalue weighted by Gasteiger charge is -2.20. The molecule has 5 nitrogen and oxygen atoms in total. The number of hydrazine groups is 1. The monoisotopic (exact) mass is 238 g/mol. The van der Waals surface area contributed by atoms with Crippen LogP contribution in [0.25, 0.3) is 0 Å². The van der Waals surface area contributed by atoms with Crippen LogP contribution in [0.4, 0.5) is 10.2 Å². The Labute approximate surface area is 98.8 Å². The van der Waals surface area contributed by atoms with Crippen LogP contribution < -0.4 is 11.3 Å². The van der Waals surface area contributed by atoms with Gasteiger partial charge in [0.1, 0.15) is 0 Å². The van der Waals surface area contributed by atoms with Crippen molar-refractivity contribution in [3.05, 3.63) is 23.6 Å². The standard InChI is InChI=1S/C11H15FN4O/c1-2-16(7-3-4-7)11(17)8-5-6-14-10(15-13)9(8)12/h5-7H,2-4,13H2,1H3,(H,14,15). The summed E-state index contributed by atoms with van der Waals surface area (Å²) in [5.41, 5.74) is 2.15. The van der Waals surface area contributed by atoms with Crippen LogP contribution in [0.3, 0.4) is 0 Å². The first-order valence-electron chi connectivity index (χ1n) is 5.61. The number of carbonyl (C=O) groups is 1. The van der Waals surface area contributed by atoms with Crippen LogP contribution in [0.2, 0.25) is 0 Å². The third-order valence-corrected chi connectivity index (χ3v) is 2.85. The van der Waals surface area contributed by atoms with Crippen molar-refractivity contribution in [1.29, 1.82) is 0 Å². The van der Waals surface area contributed by atoms with Gasteiger partial charge in [-0.2, -0.15) is 0 Å². The molecule has 1 heterocycles. The van der Waals surface area contributed by atoms with Gasteiger partial charge < -0.3 is 10.3 Å². The Morgan fingerprint density at radius 1 is 1.71 bits per heavy atom. The maximum Gasteiger partial charge on any atom is 0.257 e. The van der Waals surface area contributed by atoms with E-state index in [0.29, 0.717) is 6.54 Å². The molecule has 0 aliphatic heterocycles. The Morgan fingerprint density at radius 2 is 2.41 bits per heavy atom. The van der Waals surface area contributed by atoms with Gasteiger partial charge in [0.2, 0.25) is 0 Å². The fraction of sp³-hybridized carbons (Fsp3) is 0.455. The molecule has 1 aliphatic carbocycles. The van der Waals surface area contributed by atoms with Gasteiger partial charge in [0.05, 0.1) is 5.56 Å². The van der Waals surface area contributed by atoms with Gasteiger partial charge in [0, 0.05) is 18.8 Å². The molecule has 1 fully saturated rings. The SMILES string of the molecule is CCN(C(=O)c1ccnc(NN)c1F)C1CC1. The van der Waals surface area contributed by atoms with E-state index < -0.39 is 5.82 Å². The van der Waals surface area contributed by atoms with Crippen molar-refractivity contribution in [3.8, 4) is 0 Å². The Balaban J connectivity index is 2.29. The van der Waals surface area contributed by atoms with Crippen molar-refractivity contribution < 1.29 is 9.18 Å². The first-order chi connectivity index (χ1) is 8.19. The molecule has 1 aromatic heterocycles. The summed E-state index contributed by atoms with van der Waals surface area (Å²) in [5, 5.41) is 0. The van der Waals surface area contributed by atoms with E-state index in [-0.39, 0.29) is 23.3 Å². The van der Waals surface area contributed by atoms with Crippen molar-refractivity contribution in [2.75, 3.05) is 12.0 Å². The first kappa shape index (κ1) is 11.8. The van der Waals surface area contributed by atoms with Crippen LogP contribution in [0, 0.1) is 5.82 Å². The van der Waals surface area contributed by atoms with Gasteiger partial charge in [-0.05, 0) is 25.8 Å². The van der Waals surface area contributed by atoms with Crippen molar-refractivity contribution in [2.24, 2.45) is 5.84 Å². The van der Waals surface area contributed by atoms with E-state index in [9.17, 15) is 9.18 Å². The molecule has 6 heteroatoms. The van der Waals surface area contributed by atoms with Crippen molar-refractivity contribution >= 4 is 11.7 Å². The molecule has 0 aromatic carbocycles. The highest BCUT2D eigenvalue weighted by molar-refractivity contribution is 5.95. The molecule has 3 N–H and O–H groups in total. The summed E-state index contributed by atoms with van der Waals surface area (Å²) < 4.78 is 13.9. The Hall–Kier alpha value is -1.69. The summed E-state index contributed by atoms with van der Waals surface area (Å²) in [5.74, 6) is 4.02. The van der Waals surface area contributed by atoms with E-state index in [1.807, 2.05) is 6.92 Å². The maximum atomic E-state index is 13.9. The molecule has 17 heavy (non-hydrogen) atoms. The Kier molecular flexibility index (Phi) is 3.23. The molecule has 0 spiro atoms. The van der Waals surface area contributed by atoms with Crippen molar-refractivity contribution in [3.63, 3.8) is 0 Å². The molecule has 0 saturated heterocycles. The fourth-order valence-corrected chi connectivity index (χ4v) is 1.82. The second-order valence-electron chi connectivity index (χ2n) is 3.99. The zero-order valence-electron chi connectivity index (χ0n) is 9.61. The zero-order valence-corrected chi connectivity index (χ0v) is 9.61. The number of hydrogen-bond donors (Lipinski definition) is 2. The molecular weight excluding hydrogens is 223 g/mol. The summed E-state index contributed by atoms with van der Waals surface area (Å²) in [6.07, 6.45) is 3.36.